The van der Waals surface area contributed by atoms with E-state index in [-0.39, 0.29) is 0 Å². The smallest absolute Gasteiger partial charge is 0.126 e. The lowest BCUT2D eigenvalue weighted by atomic mass is 10.2. The van der Waals surface area contributed by atoms with Crippen LogP contribution < -0.4 is 5.32 Å². The standard InChI is InChI=1S/C12H17F2NO/c1-16-5-3-2-4-15-9-10-6-11(13)8-12(14)7-10/h6-8,15H,2-5,9H2,1H3. The molecule has 0 aliphatic carbocycles. The van der Waals surface area contributed by atoms with Crippen LogP contribution in [0, 0.1) is 11.6 Å². The lowest BCUT2D eigenvalue weighted by Crippen LogP contribution is -2.15. The molecule has 4 heteroatoms. The predicted molar refractivity (Wildman–Crippen MR) is 59.2 cm³/mol. The second-order valence-electron chi connectivity index (χ2n) is 3.65. The highest BCUT2D eigenvalue weighted by Crippen LogP contribution is 2.07. The van der Waals surface area contributed by atoms with Crippen LogP contribution in [0.25, 0.3) is 0 Å². The monoisotopic (exact) mass is 229 g/mol. The van der Waals surface area contributed by atoms with Crippen LogP contribution in [-0.2, 0) is 11.3 Å². The van der Waals surface area contributed by atoms with Crippen molar-refractivity contribution in [3.05, 3.63) is 35.4 Å². The minimum Gasteiger partial charge on any atom is -0.385 e. The topological polar surface area (TPSA) is 21.3 Å². The van der Waals surface area contributed by atoms with Gasteiger partial charge in [-0.15, -0.1) is 0 Å². The molecule has 1 rings (SSSR count). The van der Waals surface area contributed by atoms with E-state index in [0.717, 1.165) is 32.1 Å². The fourth-order valence-corrected chi connectivity index (χ4v) is 1.44. The number of benzene rings is 1. The van der Waals surface area contributed by atoms with Crippen LogP contribution in [0.2, 0.25) is 0 Å². The van der Waals surface area contributed by atoms with Crippen molar-refractivity contribution in [3.8, 4) is 0 Å². The predicted octanol–water partition coefficient (Wildman–Crippen LogP) is 2.48. The Morgan fingerprint density at radius 3 is 2.44 bits per heavy atom. The number of hydrogen-bond donors (Lipinski definition) is 1. The minimum absolute atomic E-state index is 0.488. The molecule has 0 heterocycles. The van der Waals surface area contributed by atoms with E-state index in [0.29, 0.717) is 12.1 Å². The average molecular weight is 229 g/mol. The van der Waals surface area contributed by atoms with E-state index in [1.54, 1.807) is 7.11 Å². The summed E-state index contributed by atoms with van der Waals surface area (Å²) in [7, 11) is 1.67. The van der Waals surface area contributed by atoms with Crippen LogP contribution in [0.1, 0.15) is 18.4 Å². The largest absolute Gasteiger partial charge is 0.385 e. The van der Waals surface area contributed by atoms with Gasteiger partial charge >= 0.3 is 0 Å². The fraction of sp³-hybridized carbons (Fsp3) is 0.500. The van der Waals surface area contributed by atoms with E-state index in [1.807, 2.05) is 0 Å². The lowest BCUT2D eigenvalue weighted by molar-refractivity contribution is 0.192. The first-order valence-corrected chi connectivity index (χ1v) is 5.37. The number of halogens is 2. The first-order valence-electron chi connectivity index (χ1n) is 5.37. The van der Waals surface area contributed by atoms with Crippen molar-refractivity contribution < 1.29 is 13.5 Å². The molecule has 0 fully saturated rings. The molecule has 0 bridgehead atoms. The van der Waals surface area contributed by atoms with E-state index >= 15 is 0 Å². The molecular formula is C12H17F2NO. The molecule has 90 valence electrons. The minimum atomic E-state index is -0.531. The zero-order valence-electron chi connectivity index (χ0n) is 9.43. The third-order valence-electron chi connectivity index (χ3n) is 2.20. The summed E-state index contributed by atoms with van der Waals surface area (Å²) in [4.78, 5) is 0. The molecule has 16 heavy (non-hydrogen) atoms. The van der Waals surface area contributed by atoms with Gasteiger partial charge in [-0.1, -0.05) is 0 Å². The maximum absolute atomic E-state index is 12.8. The number of methoxy groups -OCH3 is 1. The molecule has 2 nitrogen and oxygen atoms in total. The number of rotatable bonds is 7. The van der Waals surface area contributed by atoms with Gasteiger partial charge in [-0.05, 0) is 37.1 Å². The van der Waals surface area contributed by atoms with Crippen molar-refractivity contribution >= 4 is 0 Å². The summed E-state index contributed by atoms with van der Waals surface area (Å²) >= 11 is 0. The number of ether oxygens (including phenoxy) is 1. The van der Waals surface area contributed by atoms with Crippen LogP contribution in [0.3, 0.4) is 0 Å². The van der Waals surface area contributed by atoms with Crippen LogP contribution in [0.15, 0.2) is 18.2 Å². The van der Waals surface area contributed by atoms with Gasteiger partial charge in [0.25, 0.3) is 0 Å². The molecule has 0 amide bonds. The first-order chi connectivity index (χ1) is 7.72. The fourth-order valence-electron chi connectivity index (χ4n) is 1.44. The third-order valence-corrected chi connectivity index (χ3v) is 2.20. The van der Waals surface area contributed by atoms with Crippen LogP contribution >= 0.6 is 0 Å². The molecule has 0 spiro atoms. The van der Waals surface area contributed by atoms with Gasteiger partial charge in [-0.25, -0.2) is 8.78 Å². The summed E-state index contributed by atoms with van der Waals surface area (Å²) in [6.45, 7) is 2.05. The molecule has 0 aromatic heterocycles. The van der Waals surface area contributed by atoms with Crippen molar-refractivity contribution in [1.82, 2.24) is 5.32 Å². The molecule has 0 aliphatic rings. The molecular weight excluding hydrogens is 212 g/mol. The second kappa shape index (κ2) is 7.30. The second-order valence-corrected chi connectivity index (χ2v) is 3.65. The summed E-state index contributed by atoms with van der Waals surface area (Å²) in [5.41, 5.74) is 0.629. The van der Waals surface area contributed by atoms with Gasteiger partial charge in [0.15, 0.2) is 0 Å². The molecule has 0 atom stereocenters. The van der Waals surface area contributed by atoms with Crippen molar-refractivity contribution in [2.24, 2.45) is 0 Å². The molecule has 1 aromatic rings. The quantitative estimate of drug-likeness (QED) is 0.725. The molecule has 1 N–H and O–H groups in total. The third kappa shape index (κ3) is 5.19. The number of nitrogens with one attached hydrogen (secondary N) is 1. The Morgan fingerprint density at radius 2 is 1.81 bits per heavy atom. The van der Waals surface area contributed by atoms with Gasteiger partial charge in [-0.3, -0.25) is 0 Å². The van der Waals surface area contributed by atoms with Gasteiger partial charge in [0, 0.05) is 26.3 Å². The summed E-state index contributed by atoms with van der Waals surface area (Å²) < 4.78 is 30.6. The maximum atomic E-state index is 12.8. The average Bonchev–Trinajstić information content (AvgIpc) is 2.22. The van der Waals surface area contributed by atoms with Crippen LogP contribution in [0.5, 0.6) is 0 Å². The zero-order chi connectivity index (χ0) is 11.8. The first kappa shape index (κ1) is 13.1. The van der Waals surface area contributed by atoms with Crippen molar-refractivity contribution in [3.63, 3.8) is 0 Å². The van der Waals surface area contributed by atoms with Crippen molar-refractivity contribution in [2.45, 2.75) is 19.4 Å². The van der Waals surface area contributed by atoms with Crippen LogP contribution in [0.4, 0.5) is 8.78 Å². The zero-order valence-corrected chi connectivity index (χ0v) is 9.43. The van der Waals surface area contributed by atoms with Gasteiger partial charge in [-0.2, -0.15) is 0 Å². The summed E-state index contributed by atoms with van der Waals surface area (Å²) in [6.07, 6.45) is 1.98. The van der Waals surface area contributed by atoms with Gasteiger partial charge in [0.1, 0.15) is 11.6 Å². The molecule has 0 radical (unpaired) electrons. The Morgan fingerprint density at radius 1 is 1.12 bits per heavy atom. The van der Waals surface area contributed by atoms with Gasteiger partial charge in [0.2, 0.25) is 0 Å². The summed E-state index contributed by atoms with van der Waals surface area (Å²) in [6, 6.07) is 3.55. The number of hydrogen-bond acceptors (Lipinski definition) is 2. The van der Waals surface area contributed by atoms with Crippen LogP contribution in [-0.4, -0.2) is 20.3 Å². The van der Waals surface area contributed by atoms with E-state index in [9.17, 15) is 8.78 Å². The molecule has 0 saturated carbocycles. The molecule has 0 saturated heterocycles. The summed E-state index contributed by atoms with van der Waals surface area (Å²) in [5.74, 6) is -1.06. The van der Waals surface area contributed by atoms with Crippen molar-refractivity contribution in [2.75, 3.05) is 20.3 Å². The highest BCUT2D eigenvalue weighted by Gasteiger charge is 1.99. The SMILES string of the molecule is COCCCCNCc1cc(F)cc(F)c1. The van der Waals surface area contributed by atoms with E-state index in [4.69, 9.17) is 4.74 Å². The Bertz CT molecular complexity index is 298. The van der Waals surface area contributed by atoms with E-state index in [1.165, 1.54) is 12.1 Å². The molecule has 0 unspecified atom stereocenters. The number of unbranched alkanes of at least 4 members (excludes halogenated alkanes) is 1. The summed E-state index contributed by atoms with van der Waals surface area (Å²) in [5, 5.41) is 3.13. The molecule has 0 aliphatic heterocycles. The maximum Gasteiger partial charge on any atom is 0.126 e. The van der Waals surface area contributed by atoms with Gasteiger partial charge < -0.3 is 10.1 Å². The Kier molecular flexibility index (Phi) is 5.96. The highest BCUT2D eigenvalue weighted by molar-refractivity contribution is 5.17. The Hall–Kier alpha value is -1.00. The van der Waals surface area contributed by atoms with Gasteiger partial charge in [0.05, 0.1) is 0 Å². The lowest BCUT2D eigenvalue weighted by Gasteiger charge is -2.05. The van der Waals surface area contributed by atoms with E-state index < -0.39 is 11.6 Å². The normalized spacial score (nSPS) is 10.7. The Labute approximate surface area is 94.6 Å². The molecule has 1 aromatic carbocycles. The highest BCUT2D eigenvalue weighted by atomic mass is 19.1. The van der Waals surface area contributed by atoms with E-state index in [2.05, 4.69) is 5.32 Å². The Balaban J connectivity index is 2.21. The van der Waals surface area contributed by atoms with Crippen molar-refractivity contribution in [1.29, 1.82) is 0 Å².